The lowest BCUT2D eigenvalue weighted by atomic mass is 10.1. The molecule has 3 rings (SSSR count). The standard InChI is InChI=1S/C17H23N5O3/c1-5-13-19-16(21-20-13)12-6-11(24)7-22(12)17(25)15-8(2)14(10(4)23)9(3)18-15/h11-12,18,24H,5-7H2,1-4H3,(H,19,20,21)/t11-,12+/m1/s1. The van der Waals surface area contributed by atoms with Crippen LogP contribution in [0.25, 0.3) is 0 Å². The molecule has 1 fully saturated rings. The van der Waals surface area contributed by atoms with Gasteiger partial charge in [-0.2, -0.15) is 5.10 Å². The van der Waals surface area contributed by atoms with Gasteiger partial charge in [-0.1, -0.05) is 6.92 Å². The summed E-state index contributed by atoms with van der Waals surface area (Å²) in [6.07, 6.45) is 0.478. The summed E-state index contributed by atoms with van der Waals surface area (Å²) >= 11 is 0. The first-order chi connectivity index (χ1) is 11.8. The van der Waals surface area contributed by atoms with E-state index in [1.807, 2.05) is 6.92 Å². The van der Waals surface area contributed by atoms with Crippen LogP contribution in [0.5, 0.6) is 0 Å². The molecule has 1 amide bonds. The van der Waals surface area contributed by atoms with E-state index in [0.29, 0.717) is 47.0 Å². The van der Waals surface area contributed by atoms with Gasteiger partial charge in [0.25, 0.3) is 5.91 Å². The van der Waals surface area contributed by atoms with Crippen LogP contribution in [-0.2, 0) is 6.42 Å². The number of Topliss-reactive ketones (excluding diaryl/α,β-unsaturated/α-hetero) is 1. The number of nitrogens with zero attached hydrogens (tertiary/aromatic N) is 3. The molecule has 0 saturated carbocycles. The third-order valence-electron chi connectivity index (χ3n) is 4.72. The minimum absolute atomic E-state index is 0.0777. The van der Waals surface area contributed by atoms with Crippen molar-refractivity contribution in [2.45, 2.75) is 52.7 Å². The van der Waals surface area contributed by atoms with Gasteiger partial charge in [0.2, 0.25) is 0 Å². The number of aromatic nitrogens is 4. The van der Waals surface area contributed by atoms with E-state index >= 15 is 0 Å². The van der Waals surface area contributed by atoms with E-state index < -0.39 is 6.10 Å². The van der Waals surface area contributed by atoms with E-state index in [1.54, 1.807) is 18.7 Å². The van der Waals surface area contributed by atoms with Crippen LogP contribution in [0.1, 0.15) is 70.1 Å². The van der Waals surface area contributed by atoms with Crippen LogP contribution in [0.2, 0.25) is 0 Å². The summed E-state index contributed by atoms with van der Waals surface area (Å²) in [4.78, 5) is 33.9. The fourth-order valence-electron chi connectivity index (χ4n) is 3.55. The molecule has 8 heteroatoms. The number of amides is 1. The number of aliphatic hydroxyl groups is 1. The van der Waals surface area contributed by atoms with Gasteiger partial charge in [0.1, 0.15) is 11.5 Å². The zero-order valence-electron chi connectivity index (χ0n) is 14.9. The van der Waals surface area contributed by atoms with Crippen LogP contribution in [0.15, 0.2) is 0 Å². The molecule has 8 nitrogen and oxygen atoms in total. The van der Waals surface area contributed by atoms with Crippen LogP contribution in [0.4, 0.5) is 0 Å². The number of hydrogen-bond donors (Lipinski definition) is 3. The maximum Gasteiger partial charge on any atom is 0.271 e. The number of β-amino-alcohol motifs (C(OH)–C–C–N with tert-alkyl or cyclic N) is 1. The summed E-state index contributed by atoms with van der Waals surface area (Å²) in [6, 6.07) is -0.362. The summed E-state index contributed by atoms with van der Waals surface area (Å²) in [7, 11) is 0. The number of H-pyrrole nitrogens is 2. The van der Waals surface area contributed by atoms with Gasteiger partial charge >= 0.3 is 0 Å². The van der Waals surface area contributed by atoms with E-state index in [-0.39, 0.29) is 24.3 Å². The minimum Gasteiger partial charge on any atom is -0.391 e. The molecule has 1 aliphatic heterocycles. The topological polar surface area (TPSA) is 115 Å². The summed E-state index contributed by atoms with van der Waals surface area (Å²) in [6.45, 7) is 7.20. The van der Waals surface area contributed by atoms with E-state index in [0.717, 1.165) is 0 Å². The first-order valence-electron chi connectivity index (χ1n) is 8.43. The van der Waals surface area contributed by atoms with Crippen molar-refractivity contribution in [3.05, 3.63) is 34.2 Å². The summed E-state index contributed by atoms with van der Waals surface area (Å²) in [5.41, 5.74) is 2.25. The number of aryl methyl sites for hydroxylation is 2. The maximum atomic E-state index is 13.1. The van der Waals surface area contributed by atoms with Crippen molar-refractivity contribution in [2.24, 2.45) is 0 Å². The molecular formula is C17H23N5O3. The molecular weight excluding hydrogens is 322 g/mol. The van der Waals surface area contributed by atoms with Crippen molar-refractivity contribution in [2.75, 3.05) is 6.54 Å². The quantitative estimate of drug-likeness (QED) is 0.726. The monoisotopic (exact) mass is 345 g/mol. The molecule has 3 N–H and O–H groups in total. The molecule has 2 atom stereocenters. The second-order valence-corrected chi connectivity index (χ2v) is 6.53. The molecule has 0 aromatic carbocycles. The predicted octanol–water partition coefficient (Wildman–Crippen LogP) is 1.46. The first kappa shape index (κ1) is 17.3. The van der Waals surface area contributed by atoms with Crippen LogP contribution < -0.4 is 0 Å². The second-order valence-electron chi connectivity index (χ2n) is 6.53. The Labute approximate surface area is 145 Å². The largest absolute Gasteiger partial charge is 0.391 e. The van der Waals surface area contributed by atoms with E-state index in [4.69, 9.17) is 0 Å². The van der Waals surface area contributed by atoms with Gasteiger partial charge in [-0.15, -0.1) is 0 Å². The van der Waals surface area contributed by atoms with Crippen LogP contribution in [-0.4, -0.2) is 54.5 Å². The van der Waals surface area contributed by atoms with E-state index in [2.05, 4.69) is 20.2 Å². The number of carbonyl (C=O) groups is 2. The van der Waals surface area contributed by atoms with Crippen LogP contribution in [0, 0.1) is 13.8 Å². The van der Waals surface area contributed by atoms with Gasteiger partial charge in [-0.05, 0) is 26.3 Å². The highest BCUT2D eigenvalue weighted by atomic mass is 16.3. The van der Waals surface area contributed by atoms with Gasteiger partial charge in [0.15, 0.2) is 11.6 Å². The van der Waals surface area contributed by atoms with Gasteiger partial charge in [-0.3, -0.25) is 14.7 Å². The van der Waals surface area contributed by atoms with Crippen LogP contribution in [0.3, 0.4) is 0 Å². The minimum atomic E-state index is -0.618. The highest BCUT2D eigenvalue weighted by Gasteiger charge is 2.39. The number of ketones is 1. The van der Waals surface area contributed by atoms with Crippen molar-refractivity contribution < 1.29 is 14.7 Å². The molecule has 0 radical (unpaired) electrons. The van der Waals surface area contributed by atoms with Crippen molar-refractivity contribution >= 4 is 11.7 Å². The Bertz CT molecular complexity index is 822. The molecule has 2 aromatic rings. The molecule has 0 unspecified atom stereocenters. The average molecular weight is 345 g/mol. The fourth-order valence-corrected chi connectivity index (χ4v) is 3.55. The molecule has 1 aliphatic rings. The number of carbonyl (C=O) groups excluding carboxylic acids is 2. The van der Waals surface area contributed by atoms with Crippen LogP contribution >= 0.6 is 0 Å². The number of aliphatic hydroxyl groups excluding tert-OH is 1. The average Bonchev–Trinajstić information content (AvgIpc) is 3.23. The molecule has 2 aromatic heterocycles. The Morgan fingerprint density at radius 3 is 2.64 bits per heavy atom. The van der Waals surface area contributed by atoms with Gasteiger partial charge in [-0.25, -0.2) is 4.98 Å². The molecule has 1 saturated heterocycles. The number of aromatic amines is 2. The third-order valence-corrected chi connectivity index (χ3v) is 4.72. The van der Waals surface area contributed by atoms with Crippen molar-refractivity contribution in [1.82, 2.24) is 25.1 Å². The second kappa shape index (κ2) is 6.44. The summed E-state index contributed by atoms with van der Waals surface area (Å²) < 4.78 is 0. The van der Waals surface area contributed by atoms with E-state index in [1.165, 1.54) is 6.92 Å². The maximum absolute atomic E-state index is 13.1. The molecule has 25 heavy (non-hydrogen) atoms. The van der Waals surface area contributed by atoms with Gasteiger partial charge < -0.3 is 15.0 Å². The van der Waals surface area contributed by atoms with Gasteiger partial charge in [0.05, 0.1) is 12.1 Å². The molecule has 0 aliphatic carbocycles. The highest BCUT2D eigenvalue weighted by molar-refractivity contribution is 6.02. The number of rotatable bonds is 4. The Balaban J connectivity index is 1.95. The number of nitrogens with one attached hydrogen (secondary N) is 2. The lowest BCUT2D eigenvalue weighted by Crippen LogP contribution is -2.33. The SMILES string of the molecule is CCc1n[nH]c([C@@H]2C[C@@H](O)CN2C(=O)c2[nH]c(C)c(C(C)=O)c2C)n1. The van der Waals surface area contributed by atoms with E-state index in [9.17, 15) is 14.7 Å². The molecule has 134 valence electrons. The molecule has 3 heterocycles. The molecule has 0 spiro atoms. The Hall–Kier alpha value is -2.48. The zero-order valence-corrected chi connectivity index (χ0v) is 14.9. The summed E-state index contributed by atoms with van der Waals surface area (Å²) in [5, 5.41) is 17.1. The normalized spacial score (nSPS) is 20.3. The molecule has 0 bridgehead atoms. The van der Waals surface area contributed by atoms with Crippen molar-refractivity contribution in [3.63, 3.8) is 0 Å². The highest BCUT2D eigenvalue weighted by Crippen LogP contribution is 2.32. The lowest BCUT2D eigenvalue weighted by molar-refractivity contribution is 0.0704. The Kier molecular flexibility index (Phi) is 4.47. The number of likely N-dealkylation sites (tertiary alicyclic amines) is 1. The summed E-state index contributed by atoms with van der Waals surface area (Å²) in [5.74, 6) is 0.930. The Morgan fingerprint density at radius 1 is 1.36 bits per heavy atom. The lowest BCUT2D eigenvalue weighted by Gasteiger charge is -2.22. The third kappa shape index (κ3) is 2.97. The Morgan fingerprint density at radius 2 is 2.08 bits per heavy atom. The van der Waals surface area contributed by atoms with Gasteiger partial charge in [0, 0.05) is 30.6 Å². The predicted molar refractivity (Wildman–Crippen MR) is 90.4 cm³/mol. The van der Waals surface area contributed by atoms with Crippen molar-refractivity contribution in [3.8, 4) is 0 Å². The number of hydrogen-bond acceptors (Lipinski definition) is 5. The fraction of sp³-hybridized carbons (Fsp3) is 0.529. The zero-order chi connectivity index (χ0) is 18.3. The first-order valence-corrected chi connectivity index (χ1v) is 8.43. The van der Waals surface area contributed by atoms with Crippen molar-refractivity contribution in [1.29, 1.82) is 0 Å². The smallest absolute Gasteiger partial charge is 0.271 e.